The molecule has 12 heteroatoms. The van der Waals surface area contributed by atoms with Crippen molar-refractivity contribution in [3.05, 3.63) is 70.1 Å². The number of amides is 2. The van der Waals surface area contributed by atoms with E-state index in [-0.39, 0.29) is 29.5 Å². The number of halogens is 4. The summed E-state index contributed by atoms with van der Waals surface area (Å²) in [5, 5.41) is 10.1. The lowest BCUT2D eigenvalue weighted by Gasteiger charge is -2.30. The first-order chi connectivity index (χ1) is 22.4. The Bertz CT molecular complexity index is 1730. The molecule has 6 atom stereocenters. The van der Waals surface area contributed by atoms with Gasteiger partial charge in [-0.05, 0) is 87.3 Å². The molecule has 3 aliphatic carbocycles. The van der Waals surface area contributed by atoms with E-state index in [1.54, 1.807) is 6.07 Å². The minimum atomic E-state index is -4.92. The van der Waals surface area contributed by atoms with E-state index >= 15 is 0 Å². The smallest absolute Gasteiger partial charge is 0.419 e. The first kappa shape index (κ1) is 30.4. The number of allylic oxidation sites excluding steroid dienone is 1. The van der Waals surface area contributed by atoms with Crippen molar-refractivity contribution in [3.63, 3.8) is 0 Å². The Morgan fingerprint density at radius 3 is 2.57 bits per heavy atom. The summed E-state index contributed by atoms with van der Waals surface area (Å²) in [5.74, 6) is -2.42. The summed E-state index contributed by atoms with van der Waals surface area (Å²) in [4.78, 5) is 33.8. The number of benzene rings is 2. The number of ether oxygens (including phenoxy) is 2. The van der Waals surface area contributed by atoms with Crippen molar-refractivity contribution in [1.29, 1.82) is 0 Å². The summed E-state index contributed by atoms with van der Waals surface area (Å²) < 4.78 is 66.2. The van der Waals surface area contributed by atoms with Crippen LogP contribution in [0.2, 0.25) is 0 Å². The second-order valence-corrected chi connectivity index (χ2v) is 14.3. The predicted octanol–water partition coefficient (Wildman–Crippen LogP) is 6.04. The summed E-state index contributed by atoms with van der Waals surface area (Å²) >= 11 is 0. The van der Waals surface area contributed by atoms with Crippen LogP contribution in [0.5, 0.6) is 5.75 Å². The molecule has 2 bridgehead atoms. The zero-order chi connectivity index (χ0) is 32.8. The lowest BCUT2D eigenvalue weighted by atomic mass is 9.83. The van der Waals surface area contributed by atoms with Crippen molar-refractivity contribution in [2.45, 2.75) is 69.9 Å². The fourth-order valence-electron chi connectivity index (χ4n) is 8.22. The molecule has 1 saturated heterocycles. The molecule has 47 heavy (non-hydrogen) atoms. The van der Waals surface area contributed by atoms with Gasteiger partial charge in [-0.25, -0.2) is 4.39 Å². The van der Waals surface area contributed by atoms with Gasteiger partial charge in [-0.1, -0.05) is 16.8 Å². The Hall–Kier alpha value is -3.93. The summed E-state index contributed by atoms with van der Waals surface area (Å²) in [6.45, 7) is 4.83. The molecule has 4 fully saturated rings. The SMILES string of the molecule is CC1(C)Cc2cc(C3=NOC4COCC34)cc(C(=O)N[C@@H]3C4CCC(/C4=C/C4CC4)[C@@H]3C(=O)Nc3ccc(F)c(C(F)(F)F)c3)c2O1. The molecule has 8 rings (SSSR count). The highest BCUT2D eigenvalue weighted by Gasteiger charge is 2.55. The molecule has 8 nitrogen and oxygen atoms in total. The molecule has 0 radical (unpaired) electrons. The Balaban J connectivity index is 1.12. The van der Waals surface area contributed by atoms with Gasteiger partial charge in [0.05, 0.1) is 41.9 Å². The average Bonchev–Trinajstić information content (AvgIpc) is 3.32. The summed E-state index contributed by atoms with van der Waals surface area (Å²) in [6.07, 6.45) is 1.39. The molecule has 3 saturated carbocycles. The quantitative estimate of drug-likeness (QED) is 0.293. The van der Waals surface area contributed by atoms with Crippen LogP contribution in [-0.4, -0.2) is 48.5 Å². The first-order valence-corrected chi connectivity index (χ1v) is 16.2. The molecule has 2 aromatic rings. The van der Waals surface area contributed by atoms with Gasteiger partial charge in [0.25, 0.3) is 5.91 Å². The maximum absolute atomic E-state index is 14.3. The van der Waals surface area contributed by atoms with Crippen molar-refractivity contribution in [2.24, 2.45) is 34.7 Å². The molecular weight excluding hydrogens is 618 g/mol. The zero-order valence-corrected chi connectivity index (χ0v) is 26.0. The van der Waals surface area contributed by atoms with Crippen LogP contribution in [0, 0.1) is 35.4 Å². The molecule has 2 N–H and O–H groups in total. The average molecular weight is 654 g/mol. The normalized spacial score (nSPS) is 30.9. The molecule has 2 amide bonds. The van der Waals surface area contributed by atoms with Gasteiger partial charge < -0.3 is 24.9 Å². The van der Waals surface area contributed by atoms with Crippen LogP contribution in [0.25, 0.3) is 0 Å². The number of hydrogen-bond donors (Lipinski definition) is 2. The Morgan fingerprint density at radius 2 is 1.81 bits per heavy atom. The third-order valence-corrected chi connectivity index (χ3v) is 10.5. The molecule has 248 valence electrons. The van der Waals surface area contributed by atoms with Crippen molar-refractivity contribution in [2.75, 3.05) is 18.5 Å². The molecule has 6 aliphatic rings. The van der Waals surface area contributed by atoms with Gasteiger partial charge in [-0.15, -0.1) is 0 Å². The van der Waals surface area contributed by atoms with Gasteiger partial charge in [-0.2, -0.15) is 13.2 Å². The van der Waals surface area contributed by atoms with Crippen LogP contribution < -0.4 is 15.4 Å². The third kappa shape index (κ3) is 5.38. The maximum atomic E-state index is 14.3. The van der Waals surface area contributed by atoms with Crippen molar-refractivity contribution >= 4 is 23.2 Å². The number of alkyl halides is 3. The van der Waals surface area contributed by atoms with E-state index in [1.807, 2.05) is 19.9 Å². The van der Waals surface area contributed by atoms with Crippen LogP contribution in [0.4, 0.5) is 23.2 Å². The largest absolute Gasteiger partial charge is 0.486 e. The van der Waals surface area contributed by atoms with Crippen LogP contribution in [0.15, 0.2) is 47.1 Å². The number of anilines is 1. The number of carbonyl (C=O) groups excluding carboxylic acids is 2. The highest BCUT2D eigenvalue weighted by molar-refractivity contribution is 6.07. The monoisotopic (exact) mass is 653 g/mol. The molecule has 3 aliphatic heterocycles. The van der Waals surface area contributed by atoms with E-state index < -0.39 is 46.9 Å². The molecule has 0 spiro atoms. The lowest BCUT2D eigenvalue weighted by Crippen LogP contribution is -2.48. The molecular formula is C35H35F4N3O5. The number of nitrogens with one attached hydrogen (secondary N) is 2. The molecule has 4 unspecified atom stereocenters. The fraction of sp³-hybridized carbons (Fsp3) is 0.514. The number of oxime groups is 1. The number of nitrogens with zero attached hydrogens (tertiary/aromatic N) is 1. The van der Waals surface area contributed by atoms with E-state index in [4.69, 9.17) is 14.3 Å². The Kier molecular flexibility index (Phi) is 6.99. The fourth-order valence-corrected chi connectivity index (χ4v) is 8.22. The van der Waals surface area contributed by atoms with Crippen LogP contribution in [0.3, 0.4) is 0 Å². The van der Waals surface area contributed by atoms with E-state index in [9.17, 15) is 27.2 Å². The summed E-state index contributed by atoms with van der Waals surface area (Å²) in [5.41, 5.74) is 1.66. The minimum absolute atomic E-state index is 0.0441. The predicted molar refractivity (Wildman–Crippen MR) is 162 cm³/mol. The highest BCUT2D eigenvalue weighted by atomic mass is 19.4. The van der Waals surface area contributed by atoms with E-state index in [0.717, 1.165) is 54.2 Å². The van der Waals surface area contributed by atoms with Gasteiger partial charge in [0, 0.05) is 29.6 Å². The third-order valence-electron chi connectivity index (χ3n) is 10.5. The number of fused-ring (bicyclic) bond motifs is 4. The van der Waals surface area contributed by atoms with Crippen molar-refractivity contribution in [3.8, 4) is 5.75 Å². The maximum Gasteiger partial charge on any atom is 0.419 e. The van der Waals surface area contributed by atoms with E-state index in [1.165, 1.54) is 0 Å². The van der Waals surface area contributed by atoms with Crippen LogP contribution >= 0.6 is 0 Å². The van der Waals surface area contributed by atoms with E-state index in [2.05, 4.69) is 21.9 Å². The molecule has 0 aromatic heterocycles. The van der Waals surface area contributed by atoms with Gasteiger partial charge >= 0.3 is 6.18 Å². The molecule has 3 heterocycles. The Labute approximate surface area is 268 Å². The summed E-state index contributed by atoms with van der Waals surface area (Å²) in [6, 6.07) is 5.59. The number of hydrogen-bond acceptors (Lipinski definition) is 6. The minimum Gasteiger partial charge on any atom is -0.486 e. The zero-order valence-electron chi connectivity index (χ0n) is 26.0. The second kappa shape index (κ2) is 10.8. The summed E-state index contributed by atoms with van der Waals surface area (Å²) in [7, 11) is 0. The second-order valence-electron chi connectivity index (χ2n) is 14.3. The van der Waals surface area contributed by atoms with Gasteiger partial charge in [-0.3, -0.25) is 9.59 Å². The topological polar surface area (TPSA) is 98.3 Å². The van der Waals surface area contributed by atoms with Crippen LogP contribution in [-0.2, 0) is 27.0 Å². The van der Waals surface area contributed by atoms with Gasteiger partial charge in [0.2, 0.25) is 5.91 Å². The van der Waals surface area contributed by atoms with Crippen molar-refractivity contribution < 1.29 is 41.5 Å². The van der Waals surface area contributed by atoms with Crippen molar-refractivity contribution in [1.82, 2.24) is 5.32 Å². The standard InChI is InChI=1S/C35H35F4N3O5/c1-34(2)13-18-10-17(29-24-14-45-15-27(24)47-42-29)11-23(31(18)46-34)32(43)41-30-21-7-6-20(22(21)9-16-3-4-16)28(30)33(44)40-19-5-8-26(36)25(12-19)35(37,38)39/h5,8-12,16,20-21,24,27-28,30H,3-4,6-7,13-15H2,1-2H3,(H,40,44)(H,41,43)/b22-9-/t20?,21?,24?,27?,28-,30+/m0/s1. The van der Waals surface area contributed by atoms with Crippen LogP contribution in [0.1, 0.15) is 66.6 Å². The van der Waals surface area contributed by atoms with E-state index in [0.29, 0.717) is 49.0 Å². The Morgan fingerprint density at radius 1 is 1.02 bits per heavy atom. The van der Waals surface area contributed by atoms with Gasteiger partial charge in [0.15, 0.2) is 6.10 Å². The molecule has 2 aromatic carbocycles. The highest BCUT2D eigenvalue weighted by Crippen LogP contribution is 2.55. The number of rotatable bonds is 6. The first-order valence-electron chi connectivity index (χ1n) is 16.2. The number of carbonyl (C=O) groups is 2. The lowest BCUT2D eigenvalue weighted by molar-refractivity contribution is -0.140. The van der Waals surface area contributed by atoms with Gasteiger partial charge in [0.1, 0.15) is 17.2 Å².